The SMILES string of the molecule is CNCc1ccc(CNCC(N)=O)cc1. The maximum Gasteiger partial charge on any atom is 0.231 e. The molecule has 4 heteroatoms. The molecule has 0 aliphatic carbocycles. The summed E-state index contributed by atoms with van der Waals surface area (Å²) in [5.74, 6) is -0.332. The van der Waals surface area contributed by atoms with Crippen molar-refractivity contribution < 1.29 is 4.79 Å². The second-order valence-corrected chi connectivity index (χ2v) is 3.42. The Hall–Kier alpha value is -1.39. The maximum atomic E-state index is 10.5. The molecule has 0 bridgehead atoms. The fraction of sp³-hybridized carbons (Fsp3) is 0.364. The van der Waals surface area contributed by atoms with Crippen molar-refractivity contribution >= 4 is 5.91 Å². The number of carbonyl (C=O) groups is 1. The number of primary amides is 1. The van der Waals surface area contributed by atoms with Crippen LogP contribution >= 0.6 is 0 Å². The molecule has 0 atom stereocenters. The van der Waals surface area contributed by atoms with Gasteiger partial charge in [0, 0.05) is 13.1 Å². The number of benzene rings is 1. The Kier molecular flexibility index (Phi) is 4.80. The molecule has 15 heavy (non-hydrogen) atoms. The van der Waals surface area contributed by atoms with Crippen molar-refractivity contribution in [2.45, 2.75) is 13.1 Å². The van der Waals surface area contributed by atoms with Gasteiger partial charge in [-0.05, 0) is 18.2 Å². The largest absolute Gasteiger partial charge is 0.369 e. The molecule has 1 aromatic rings. The van der Waals surface area contributed by atoms with Gasteiger partial charge in [-0.15, -0.1) is 0 Å². The van der Waals surface area contributed by atoms with E-state index in [0.29, 0.717) is 6.54 Å². The summed E-state index contributed by atoms with van der Waals surface area (Å²) in [7, 11) is 1.92. The molecule has 0 heterocycles. The van der Waals surface area contributed by atoms with E-state index in [-0.39, 0.29) is 12.5 Å². The predicted octanol–water partition coefficient (Wildman–Crippen LogP) is -0.0191. The number of amides is 1. The summed E-state index contributed by atoms with van der Waals surface area (Å²) in [6.45, 7) is 1.76. The van der Waals surface area contributed by atoms with Gasteiger partial charge in [0.05, 0.1) is 6.54 Å². The highest BCUT2D eigenvalue weighted by Gasteiger charge is 1.95. The first-order chi connectivity index (χ1) is 7.22. The maximum absolute atomic E-state index is 10.5. The molecule has 0 aliphatic heterocycles. The molecule has 0 aliphatic rings. The van der Waals surface area contributed by atoms with Crippen LogP contribution < -0.4 is 16.4 Å². The smallest absolute Gasteiger partial charge is 0.231 e. The standard InChI is InChI=1S/C11H17N3O/c1-13-6-9-2-4-10(5-3-9)7-14-8-11(12)15/h2-5,13-14H,6-8H2,1H3,(H2,12,15). The van der Waals surface area contributed by atoms with Crippen LogP contribution in [-0.4, -0.2) is 19.5 Å². The zero-order valence-electron chi connectivity index (χ0n) is 8.92. The number of nitrogens with two attached hydrogens (primary N) is 1. The Morgan fingerprint density at radius 1 is 1.20 bits per heavy atom. The average molecular weight is 207 g/mol. The molecule has 0 spiro atoms. The molecule has 82 valence electrons. The monoisotopic (exact) mass is 207 g/mol. The second-order valence-electron chi connectivity index (χ2n) is 3.42. The van der Waals surface area contributed by atoms with Gasteiger partial charge in [0.15, 0.2) is 0 Å². The van der Waals surface area contributed by atoms with Crippen LogP contribution in [0.2, 0.25) is 0 Å². The third-order valence-electron chi connectivity index (χ3n) is 2.03. The Morgan fingerprint density at radius 3 is 2.20 bits per heavy atom. The molecule has 0 fully saturated rings. The topological polar surface area (TPSA) is 67.2 Å². The van der Waals surface area contributed by atoms with Gasteiger partial charge in [0.1, 0.15) is 0 Å². The Labute approximate surface area is 89.9 Å². The lowest BCUT2D eigenvalue weighted by molar-refractivity contribution is -0.117. The molecular formula is C11H17N3O. The molecule has 0 radical (unpaired) electrons. The molecular weight excluding hydrogens is 190 g/mol. The normalized spacial score (nSPS) is 10.2. The molecule has 0 saturated heterocycles. The van der Waals surface area contributed by atoms with E-state index in [4.69, 9.17) is 5.73 Å². The van der Waals surface area contributed by atoms with E-state index in [2.05, 4.69) is 22.8 Å². The van der Waals surface area contributed by atoms with Crippen molar-refractivity contribution in [1.82, 2.24) is 10.6 Å². The van der Waals surface area contributed by atoms with E-state index in [9.17, 15) is 4.79 Å². The molecule has 0 unspecified atom stereocenters. The van der Waals surface area contributed by atoms with Crippen LogP contribution in [0.25, 0.3) is 0 Å². The minimum absolute atomic E-state index is 0.221. The highest BCUT2D eigenvalue weighted by Crippen LogP contribution is 2.03. The fourth-order valence-corrected chi connectivity index (χ4v) is 1.31. The van der Waals surface area contributed by atoms with E-state index >= 15 is 0 Å². The lowest BCUT2D eigenvalue weighted by atomic mass is 10.1. The average Bonchev–Trinajstić information content (AvgIpc) is 2.20. The van der Waals surface area contributed by atoms with E-state index in [0.717, 1.165) is 12.1 Å². The molecule has 0 saturated carbocycles. The van der Waals surface area contributed by atoms with Gasteiger partial charge in [-0.2, -0.15) is 0 Å². The lowest BCUT2D eigenvalue weighted by Gasteiger charge is -2.04. The number of carbonyl (C=O) groups excluding carboxylic acids is 1. The molecule has 4 N–H and O–H groups in total. The lowest BCUT2D eigenvalue weighted by Crippen LogP contribution is -2.28. The van der Waals surface area contributed by atoms with E-state index < -0.39 is 0 Å². The summed E-state index contributed by atoms with van der Waals surface area (Å²) in [5, 5.41) is 6.05. The zero-order valence-corrected chi connectivity index (χ0v) is 8.92. The van der Waals surface area contributed by atoms with E-state index in [1.807, 2.05) is 19.2 Å². The molecule has 1 amide bonds. The van der Waals surface area contributed by atoms with Crippen molar-refractivity contribution in [2.24, 2.45) is 5.73 Å². The summed E-state index contributed by atoms with van der Waals surface area (Å²) in [4.78, 5) is 10.5. The zero-order chi connectivity index (χ0) is 11.1. The number of hydrogen-bond donors (Lipinski definition) is 3. The number of nitrogens with one attached hydrogen (secondary N) is 2. The van der Waals surface area contributed by atoms with Crippen LogP contribution in [0, 0.1) is 0 Å². The minimum atomic E-state index is -0.332. The van der Waals surface area contributed by atoms with E-state index in [1.165, 1.54) is 5.56 Å². The first kappa shape index (κ1) is 11.7. The van der Waals surface area contributed by atoms with Crippen molar-refractivity contribution in [3.8, 4) is 0 Å². The van der Waals surface area contributed by atoms with Crippen LogP contribution in [0.3, 0.4) is 0 Å². The van der Waals surface area contributed by atoms with Crippen molar-refractivity contribution in [1.29, 1.82) is 0 Å². The van der Waals surface area contributed by atoms with Gasteiger partial charge in [-0.3, -0.25) is 4.79 Å². The second kappa shape index (κ2) is 6.16. The predicted molar refractivity (Wildman–Crippen MR) is 60.1 cm³/mol. The van der Waals surface area contributed by atoms with Crippen LogP contribution in [0.5, 0.6) is 0 Å². The third kappa shape index (κ3) is 4.58. The van der Waals surface area contributed by atoms with Gasteiger partial charge in [-0.25, -0.2) is 0 Å². The summed E-state index contributed by atoms with van der Waals surface area (Å²) in [6.07, 6.45) is 0. The van der Waals surface area contributed by atoms with Crippen molar-refractivity contribution in [2.75, 3.05) is 13.6 Å². The first-order valence-corrected chi connectivity index (χ1v) is 4.94. The van der Waals surface area contributed by atoms with Gasteiger partial charge in [0.25, 0.3) is 0 Å². The van der Waals surface area contributed by atoms with Crippen LogP contribution in [0.1, 0.15) is 11.1 Å². The van der Waals surface area contributed by atoms with Gasteiger partial charge in [-0.1, -0.05) is 24.3 Å². The van der Waals surface area contributed by atoms with Crippen LogP contribution in [-0.2, 0) is 17.9 Å². The first-order valence-electron chi connectivity index (χ1n) is 4.94. The highest BCUT2D eigenvalue weighted by atomic mass is 16.1. The van der Waals surface area contributed by atoms with Gasteiger partial charge < -0.3 is 16.4 Å². The Morgan fingerprint density at radius 2 is 1.73 bits per heavy atom. The summed E-state index contributed by atoms with van der Waals surface area (Å²) >= 11 is 0. The summed E-state index contributed by atoms with van der Waals surface area (Å²) in [5.41, 5.74) is 7.41. The molecule has 1 rings (SSSR count). The number of rotatable bonds is 6. The van der Waals surface area contributed by atoms with Crippen LogP contribution in [0.4, 0.5) is 0 Å². The van der Waals surface area contributed by atoms with Crippen molar-refractivity contribution in [3.05, 3.63) is 35.4 Å². The van der Waals surface area contributed by atoms with Crippen molar-refractivity contribution in [3.63, 3.8) is 0 Å². The third-order valence-corrected chi connectivity index (χ3v) is 2.03. The van der Waals surface area contributed by atoms with Gasteiger partial charge >= 0.3 is 0 Å². The fourth-order valence-electron chi connectivity index (χ4n) is 1.31. The number of hydrogen-bond acceptors (Lipinski definition) is 3. The quantitative estimate of drug-likeness (QED) is 0.614. The highest BCUT2D eigenvalue weighted by molar-refractivity contribution is 5.75. The summed E-state index contributed by atoms with van der Waals surface area (Å²) in [6, 6.07) is 8.22. The Bertz CT molecular complexity index is 308. The molecule has 4 nitrogen and oxygen atoms in total. The van der Waals surface area contributed by atoms with Gasteiger partial charge in [0.2, 0.25) is 5.91 Å². The van der Waals surface area contributed by atoms with Crippen LogP contribution in [0.15, 0.2) is 24.3 Å². The minimum Gasteiger partial charge on any atom is -0.369 e. The Balaban J connectivity index is 2.39. The summed E-state index contributed by atoms with van der Waals surface area (Å²) < 4.78 is 0. The van der Waals surface area contributed by atoms with E-state index in [1.54, 1.807) is 0 Å². The molecule has 0 aromatic heterocycles. The molecule has 1 aromatic carbocycles.